The highest BCUT2D eigenvalue weighted by molar-refractivity contribution is 5.86. The van der Waals surface area contributed by atoms with E-state index in [-0.39, 0.29) is 17.9 Å². The van der Waals surface area contributed by atoms with Gasteiger partial charge >= 0.3 is 5.97 Å². The first kappa shape index (κ1) is 14.1. The predicted molar refractivity (Wildman–Crippen MR) is 70.0 cm³/mol. The van der Waals surface area contributed by atoms with Gasteiger partial charge in [-0.1, -0.05) is 0 Å². The Morgan fingerprint density at radius 1 is 1.53 bits per heavy atom. The lowest BCUT2D eigenvalue weighted by atomic mass is 10.1. The average molecular weight is 267 g/mol. The Labute approximate surface area is 113 Å². The highest BCUT2D eigenvalue weighted by atomic mass is 16.5. The summed E-state index contributed by atoms with van der Waals surface area (Å²) in [5.74, 6) is 0.564. The lowest BCUT2D eigenvalue weighted by Gasteiger charge is -2.31. The maximum absolute atomic E-state index is 11.4. The summed E-state index contributed by atoms with van der Waals surface area (Å²) in [7, 11) is 3.40. The fourth-order valence-electron chi connectivity index (χ4n) is 2.53. The molecule has 0 amide bonds. The maximum atomic E-state index is 11.4. The van der Waals surface area contributed by atoms with Crippen molar-refractivity contribution in [3.63, 3.8) is 0 Å². The van der Waals surface area contributed by atoms with Crippen LogP contribution in [0.1, 0.15) is 42.6 Å². The molecule has 0 saturated carbocycles. The molecule has 1 aromatic heterocycles. The molecule has 1 aliphatic rings. The van der Waals surface area contributed by atoms with Crippen molar-refractivity contribution in [2.24, 2.45) is 0 Å². The summed E-state index contributed by atoms with van der Waals surface area (Å²) >= 11 is 0. The number of ether oxygens (including phenoxy) is 2. The lowest BCUT2D eigenvalue weighted by Crippen LogP contribution is -2.38. The molecule has 0 N–H and O–H groups in total. The van der Waals surface area contributed by atoms with Gasteiger partial charge in [-0.2, -0.15) is 0 Å². The molecule has 5 heteroatoms. The minimum atomic E-state index is -0.446. The first-order valence-electron chi connectivity index (χ1n) is 6.56. The summed E-state index contributed by atoms with van der Waals surface area (Å²) in [4.78, 5) is 13.6. The summed E-state index contributed by atoms with van der Waals surface area (Å²) in [6.45, 7) is 4.95. The molecule has 3 atom stereocenters. The van der Waals surface area contributed by atoms with Gasteiger partial charge in [0.1, 0.15) is 5.76 Å². The second kappa shape index (κ2) is 5.75. The molecule has 0 spiro atoms. The van der Waals surface area contributed by atoms with E-state index < -0.39 is 5.97 Å². The molecule has 2 rings (SSSR count). The third-order valence-electron chi connectivity index (χ3n) is 3.90. The van der Waals surface area contributed by atoms with Crippen molar-refractivity contribution < 1.29 is 18.7 Å². The molecule has 19 heavy (non-hydrogen) atoms. The predicted octanol–water partition coefficient (Wildman–Crippen LogP) is 2.24. The quantitative estimate of drug-likeness (QED) is 0.783. The minimum Gasteiger partial charge on any atom is -0.463 e. The molecule has 0 aliphatic carbocycles. The van der Waals surface area contributed by atoms with Crippen LogP contribution in [0.2, 0.25) is 0 Å². The number of furan rings is 1. The van der Waals surface area contributed by atoms with Crippen LogP contribution in [-0.4, -0.2) is 43.8 Å². The minimum absolute atomic E-state index is 0.0903. The third kappa shape index (κ3) is 2.82. The van der Waals surface area contributed by atoms with Crippen LogP contribution in [0, 0.1) is 0 Å². The van der Waals surface area contributed by atoms with E-state index in [2.05, 4.69) is 30.5 Å². The molecular weight excluding hydrogens is 246 g/mol. The van der Waals surface area contributed by atoms with Crippen LogP contribution in [0.15, 0.2) is 16.5 Å². The zero-order valence-corrected chi connectivity index (χ0v) is 11.9. The van der Waals surface area contributed by atoms with Gasteiger partial charge in [0.15, 0.2) is 0 Å². The van der Waals surface area contributed by atoms with Crippen LogP contribution in [0.3, 0.4) is 0 Å². The number of hydrogen-bond acceptors (Lipinski definition) is 5. The number of methoxy groups -OCH3 is 1. The zero-order chi connectivity index (χ0) is 14.0. The SMILES string of the molecule is COC(=O)c1ccc(C(C)N(C)C2CCOC2C)o1. The van der Waals surface area contributed by atoms with Crippen molar-refractivity contribution in [1.82, 2.24) is 4.90 Å². The summed E-state index contributed by atoms with van der Waals surface area (Å²) in [6, 6.07) is 3.95. The molecule has 2 heterocycles. The molecule has 0 bridgehead atoms. The van der Waals surface area contributed by atoms with Crippen molar-refractivity contribution >= 4 is 5.97 Å². The van der Waals surface area contributed by atoms with Crippen LogP contribution in [0.25, 0.3) is 0 Å². The van der Waals surface area contributed by atoms with Crippen molar-refractivity contribution in [3.8, 4) is 0 Å². The van der Waals surface area contributed by atoms with Gasteiger partial charge in [0.2, 0.25) is 5.76 Å². The summed E-state index contributed by atoms with van der Waals surface area (Å²) in [6.07, 6.45) is 1.24. The average Bonchev–Trinajstić information content (AvgIpc) is 3.04. The Kier molecular flexibility index (Phi) is 4.27. The molecule has 1 aliphatic heterocycles. The molecule has 3 unspecified atom stereocenters. The second-order valence-corrected chi connectivity index (χ2v) is 4.97. The van der Waals surface area contributed by atoms with Gasteiger partial charge < -0.3 is 13.9 Å². The zero-order valence-electron chi connectivity index (χ0n) is 11.9. The summed E-state index contributed by atoms with van der Waals surface area (Å²) in [5.41, 5.74) is 0. The van der Waals surface area contributed by atoms with Crippen LogP contribution < -0.4 is 0 Å². The maximum Gasteiger partial charge on any atom is 0.373 e. The van der Waals surface area contributed by atoms with Crippen LogP contribution in [0.4, 0.5) is 0 Å². The monoisotopic (exact) mass is 267 g/mol. The number of esters is 1. The van der Waals surface area contributed by atoms with Crippen molar-refractivity contribution in [2.45, 2.75) is 38.5 Å². The molecular formula is C14H21NO4. The number of nitrogens with zero attached hydrogens (tertiary/aromatic N) is 1. The first-order valence-corrected chi connectivity index (χ1v) is 6.56. The number of likely N-dealkylation sites (N-methyl/N-ethyl adjacent to an activating group) is 1. The molecule has 1 aromatic rings. The van der Waals surface area contributed by atoms with E-state index in [0.717, 1.165) is 18.8 Å². The molecule has 1 fully saturated rings. The van der Waals surface area contributed by atoms with E-state index in [4.69, 9.17) is 9.15 Å². The second-order valence-electron chi connectivity index (χ2n) is 4.97. The number of hydrogen-bond donors (Lipinski definition) is 0. The molecule has 1 saturated heterocycles. The Hall–Kier alpha value is -1.33. The topological polar surface area (TPSA) is 51.9 Å². The molecule has 0 aromatic carbocycles. The van der Waals surface area contributed by atoms with Gasteiger partial charge in [-0.25, -0.2) is 4.79 Å². The van der Waals surface area contributed by atoms with Crippen LogP contribution in [-0.2, 0) is 9.47 Å². The van der Waals surface area contributed by atoms with Crippen LogP contribution >= 0.6 is 0 Å². The number of rotatable bonds is 4. The highest BCUT2D eigenvalue weighted by Crippen LogP contribution is 2.28. The van der Waals surface area contributed by atoms with Gasteiger partial charge in [-0.05, 0) is 39.4 Å². The molecule has 106 valence electrons. The van der Waals surface area contributed by atoms with Crippen molar-refractivity contribution in [2.75, 3.05) is 20.8 Å². The fraction of sp³-hybridized carbons (Fsp3) is 0.643. The normalized spacial score (nSPS) is 24.7. The Balaban J connectivity index is 2.08. The van der Waals surface area contributed by atoms with E-state index in [1.165, 1.54) is 7.11 Å². The van der Waals surface area contributed by atoms with E-state index in [0.29, 0.717) is 6.04 Å². The standard InChI is InChI=1S/C14H21NO4/c1-9(15(3)11-7-8-18-10(11)2)12-5-6-13(19-12)14(16)17-4/h5-6,9-11H,7-8H2,1-4H3. The molecule has 5 nitrogen and oxygen atoms in total. The third-order valence-corrected chi connectivity index (χ3v) is 3.90. The summed E-state index contributed by atoms with van der Waals surface area (Å²) < 4.78 is 15.8. The van der Waals surface area contributed by atoms with Crippen molar-refractivity contribution in [3.05, 3.63) is 23.7 Å². The highest BCUT2D eigenvalue weighted by Gasteiger charge is 2.31. The lowest BCUT2D eigenvalue weighted by molar-refractivity contribution is 0.0542. The smallest absolute Gasteiger partial charge is 0.373 e. The van der Waals surface area contributed by atoms with E-state index >= 15 is 0 Å². The van der Waals surface area contributed by atoms with Gasteiger partial charge in [0.25, 0.3) is 0 Å². The summed E-state index contributed by atoms with van der Waals surface area (Å²) in [5, 5.41) is 0. The van der Waals surface area contributed by atoms with Gasteiger partial charge in [0, 0.05) is 12.6 Å². The first-order chi connectivity index (χ1) is 9.04. The van der Waals surface area contributed by atoms with Gasteiger partial charge in [0.05, 0.1) is 19.3 Å². The number of carbonyl (C=O) groups excluding carboxylic acids is 1. The van der Waals surface area contributed by atoms with E-state index in [9.17, 15) is 4.79 Å². The van der Waals surface area contributed by atoms with Crippen molar-refractivity contribution in [1.29, 1.82) is 0 Å². The van der Waals surface area contributed by atoms with E-state index in [1.54, 1.807) is 6.07 Å². The van der Waals surface area contributed by atoms with Gasteiger partial charge in [-0.3, -0.25) is 4.90 Å². The van der Waals surface area contributed by atoms with Gasteiger partial charge in [-0.15, -0.1) is 0 Å². The fourth-order valence-corrected chi connectivity index (χ4v) is 2.53. The Bertz CT molecular complexity index is 442. The number of carbonyl (C=O) groups is 1. The van der Waals surface area contributed by atoms with E-state index in [1.807, 2.05) is 6.07 Å². The largest absolute Gasteiger partial charge is 0.463 e. The Morgan fingerprint density at radius 2 is 2.26 bits per heavy atom. The van der Waals surface area contributed by atoms with Crippen LogP contribution in [0.5, 0.6) is 0 Å². The Morgan fingerprint density at radius 3 is 2.84 bits per heavy atom. The molecule has 0 radical (unpaired) electrons.